The van der Waals surface area contributed by atoms with Crippen LogP contribution in [0.5, 0.6) is 0 Å². The van der Waals surface area contributed by atoms with E-state index in [2.05, 4.69) is 44.8 Å². The van der Waals surface area contributed by atoms with Crippen LogP contribution in [-0.2, 0) is 4.74 Å². The van der Waals surface area contributed by atoms with Crippen molar-refractivity contribution in [1.82, 2.24) is 10.2 Å². The summed E-state index contributed by atoms with van der Waals surface area (Å²) >= 11 is 0. The second kappa shape index (κ2) is 9.86. The molecule has 0 saturated carbocycles. The number of hydrogen-bond donors (Lipinski definition) is 1. The third kappa shape index (κ3) is 7.74. The van der Waals surface area contributed by atoms with Gasteiger partial charge in [0.25, 0.3) is 0 Å². The topological polar surface area (TPSA) is 24.5 Å². The molecule has 0 amide bonds. The van der Waals surface area contributed by atoms with Gasteiger partial charge in [0.2, 0.25) is 0 Å². The van der Waals surface area contributed by atoms with Crippen LogP contribution in [0.1, 0.15) is 47.5 Å². The number of rotatable bonds is 10. The van der Waals surface area contributed by atoms with Crippen molar-refractivity contribution in [3.05, 3.63) is 0 Å². The summed E-state index contributed by atoms with van der Waals surface area (Å²) in [5.41, 5.74) is 0. The Bertz CT molecular complexity index is 158. The highest BCUT2D eigenvalue weighted by atomic mass is 16.5. The molecule has 0 aliphatic heterocycles. The van der Waals surface area contributed by atoms with Gasteiger partial charge in [-0.05, 0) is 41.2 Å². The maximum absolute atomic E-state index is 5.95. The maximum atomic E-state index is 5.95. The van der Waals surface area contributed by atoms with Gasteiger partial charge >= 0.3 is 0 Å². The Hall–Kier alpha value is -0.120. The quantitative estimate of drug-likeness (QED) is 0.639. The summed E-state index contributed by atoms with van der Waals surface area (Å²) in [6.45, 7) is 14.0. The molecule has 104 valence electrons. The van der Waals surface area contributed by atoms with Gasteiger partial charge in [-0.15, -0.1) is 0 Å². The van der Waals surface area contributed by atoms with Crippen molar-refractivity contribution >= 4 is 0 Å². The first-order chi connectivity index (χ1) is 8.02. The van der Waals surface area contributed by atoms with Gasteiger partial charge in [0, 0.05) is 25.2 Å². The lowest BCUT2D eigenvalue weighted by Gasteiger charge is -2.31. The van der Waals surface area contributed by atoms with Crippen LogP contribution < -0.4 is 5.32 Å². The Balaban J connectivity index is 3.91. The van der Waals surface area contributed by atoms with Crippen LogP contribution in [0.4, 0.5) is 0 Å². The van der Waals surface area contributed by atoms with Gasteiger partial charge in [-0.1, -0.05) is 13.3 Å². The summed E-state index contributed by atoms with van der Waals surface area (Å²) in [4.78, 5) is 2.47. The number of nitrogens with one attached hydrogen (secondary N) is 1. The van der Waals surface area contributed by atoms with Crippen LogP contribution in [0, 0.1) is 0 Å². The largest absolute Gasteiger partial charge is 0.376 e. The predicted octanol–water partition coefficient (Wildman–Crippen LogP) is 2.51. The number of likely N-dealkylation sites (N-methyl/N-ethyl adjacent to an activating group) is 1. The first kappa shape index (κ1) is 16.9. The summed E-state index contributed by atoms with van der Waals surface area (Å²) in [6.07, 6.45) is 2.69. The molecule has 0 aromatic carbocycles. The first-order valence-electron chi connectivity index (χ1n) is 7.04. The molecule has 0 bridgehead atoms. The molecular formula is C14H32N2O. The van der Waals surface area contributed by atoms with Gasteiger partial charge in [-0.3, -0.25) is 4.90 Å². The zero-order valence-corrected chi connectivity index (χ0v) is 12.6. The summed E-state index contributed by atoms with van der Waals surface area (Å²) in [5.74, 6) is 0. The van der Waals surface area contributed by atoms with Crippen LogP contribution in [0.25, 0.3) is 0 Å². The summed E-state index contributed by atoms with van der Waals surface area (Å²) in [7, 11) is 1.99. The van der Waals surface area contributed by atoms with E-state index in [1.54, 1.807) is 0 Å². The molecule has 0 radical (unpaired) electrons. The minimum absolute atomic E-state index is 0.367. The second-order valence-electron chi connectivity index (χ2n) is 5.26. The Morgan fingerprint density at radius 3 is 2.12 bits per heavy atom. The molecular weight excluding hydrogens is 212 g/mol. The van der Waals surface area contributed by atoms with Crippen LogP contribution in [0.2, 0.25) is 0 Å². The molecule has 17 heavy (non-hydrogen) atoms. The van der Waals surface area contributed by atoms with Crippen molar-refractivity contribution in [2.75, 3.05) is 26.7 Å². The van der Waals surface area contributed by atoms with Gasteiger partial charge in [0.05, 0.1) is 12.7 Å². The lowest BCUT2D eigenvalue weighted by Crippen LogP contribution is -2.40. The molecule has 0 aromatic rings. The fourth-order valence-corrected chi connectivity index (χ4v) is 2.23. The molecule has 0 aromatic heterocycles. The van der Waals surface area contributed by atoms with Gasteiger partial charge in [-0.25, -0.2) is 0 Å². The van der Waals surface area contributed by atoms with Crippen LogP contribution in [0.3, 0.4) is 0 Å². The molecule has 0 spiro atoms. The van der Waals surface area contributed by atoms with Gasteiger partial charge in [0.15, 0.2) is 0 Å². The molecule has 0 rings (SSSR count). The fourth-order valence-electron chi connectivity index (χ4n) is 2.23. The molecule has 0 heterocycles. The van der Waals surface area contributed by atoms with E-state index in [-0.39, 0.29) is 0 Å². The third-order valence-electron chi connectivity index (χ3n) is 3.07. The molecule has 0 saturated heterocycles. The average Bonchev–Trinajstić information content (AvgIpc) is 2.23. The second-order valence-corrected chi connectivity index (χ2v) is 5.26. The van der Waals surface area contributed by atoms with Crippen molar-refractivity contribution in [2.24, 2.45) is 0 Å². The predicted molar refractivity (Wildman–Crippen MR) is 75.6 cm³/mol. The Morgan fingerprint density at radius 1 is 1.12 bits per heavy atom. The molecule has 0 aliphatic carbocycles. The highest BCUT2D eigenvalue weighted by Crippen LogP contribution is 2.06. The molecule has 3 heteroatoms. The summed E-state index contributed by atoms with van der Waals surface area (Å²) < 4.78 is 5.95. The summed E-state index contributed by atoms with van der Waals surface area (Å²) in [6, 6.07) is 1.18. The minimum atomic E-state index is 0.367. The number of nitrogens with zero attached hydrogens (tertiary/aromatic N) is 1. The normalized spacial score (nSPS) is 13.9. The van der Waals surface area contributed by atoms with Gasteiger partial charge < -0.3 is 10.1 Å². The smallest absolute Gasteiger partial charge is 0.0699 e. The Kier molecular flexibility index (Phi) is 9.79. The lowest BCUT2D eigenvalue weighted by atomic mass is 10.2. The first-order valence-corrected chi connectivity index (χ1v) is 7.04. The third-order valence-corrected chi connectivity index (χ3v) is 3.07. The summed E-state index contributed by atoms with van der Waals surface area (Å²) in [5, 5.41) is 3.20. The maximum Gasteiger partial charge on any atom is 0.0699 e. The van der Waals surface area contributed by atoms with Crippen molar-refractivity contribution < 1.29 is 4.74 Å². The molecule has 1 atom stereocenters. The Morgan fingerprint density at radius 2 is 1.71 bits per heavy atom. The zero-order valence-electron chi connectivity index (χ0n) is 12.6. The monoisotopic (exact) mass is 244 g/mol. The van der Waals surface area contributed by atoms with Crippen molar-refractivity contribution in [2.45, 2.75) is 65.6 Å². The van der Waals surface area contributed by atoms with E-state index >= 15 is 0 Å². The van der Waals surface area contributed by atoms with Gasteiger partial charge in [0.1, 0.15) is 0 Å². The van der Waals surface area contributed by atoms with Crippen LogP contribution in [0.15, 0.2) is 0 Å². The van der Waals surface area contributed by atoms with Crippen molar-refractivity contribution in [3.8, 4) is 0 Å². The van der Waals surface area contributed by atoms with E-state index in [1.165, 1.54) is 6.42 Å². The van der Waals surface area contributed by atoms with E-state index in [0.29, 0.717) is 18.2 Å². The van der Waals surface area contributed by atoms with E-state index in [0.717, 1.165) is 26.1 Å². The molecule has 1 N–H and O–H groups in total. The van der Waals surface area contributed by atoms with Crippen molar-refractivity contribution in [1.29, 1.82) is 0 Å². The highest BCUT2D eigenvalue weighted by molar-refractivity contribution is 4.67. The van der Waals surface area contributed by atoms with E-state index < -0.39 is 0 Å². The lowest BCUT2D eigenvalue weighted by molar-refractivity contribution is 0.0221. The highest BCUT2D eigenvalue weighted by Gasteiger charge is 2.14. The molecule has 3 nitrogen and oxygen atoms in total. The standard InChI is InChI=1S/C14H32N2O/c1-7-8-14(11-15-6)17-10-9-16(12(2)3)13(4)5/h12-15H,7-11H2,1-6H3. The van der Waals surface area contributed by atoms with Crippen LogP contribution >= 0.6 is 0 Å². The van der Waals surface area contributed by atoms with Crippen molar-refractivity contribution in [3.63, 3.8) is 0 Å². The SMILES string of the molecule is CCCC(CNC)OCCN(C(C)C)C(C)C. The van der Waals surface area contributed by atoms with Crippen LogP contribution in [-0.4, -0.2) is 49.8 Å². The average molecular weight is 244 g/mol. The van der Waals surface area contributed by atoms with Gasteiger partial charge in [-0.2, -0.15) is 0 Å². The van der Waals surface area contributed by atoms with E-state index in [4.69, 9.17) is 4.74 Å². The number of hydrogen-bond acceptors (Lipinski definition) is 3. The molecule has 0 aliphatic rings. The fraction of sp³-hybridized carbons (Fsp3) is 1.00. The van der Waals surface area contributed by atoms with E-state index in [1.807, 2.05) is 7.05 Å². The zero-order chi connectivity index (χ0) is 13.3. The molecule has 1 unspecified atom stereocenters. The number of ether oxygens (including phenoxy) is 1. The minimum Gasteiger partial charge on any atom is -0.376 e. The van der Waals surface area contributed by atoms with E-state index in [9.17, 15) is 0 Å². The molecule has 0 fully saturated rings. The Labute approximate surface area is 108 Å².